The maximum absolute atomic E-state index is 12.3. The highest BCUT2D eigenvalue weighted by Gasteiger charge is 2.10. The van der Waals surface area contributed by atoms with E-state index in [0.717, 1.165) is 16.6 Å². The smallest absolute Gasteiger partial charge is 0.257 e. The molecule has 112 valence electrons. The first-order chi connectivity index (χ1) is 10.6. The fourth-order valence-corrected chi connectivity index (χ4v) is 2.59. The van der Waals surface area contributed by atoms with Gasteiger partial charge in [0.25, 0.3) is 5.56 Å². The van der Waals surface area contributed by atoms with E-state index in [2.05, 4.69) is 19.9 Å². The number of fused-ring (bicyclic) bond motifs is 1. The van der Waals surface area contributed by atoms with Crippen molar-refractivity contribution in [1.29, 1.82) is 0 Å². The molecule has 3 rings (SSSR count). The van der Waals surface area contributed by atoms with Crippen LogP contribution in [0.2, 0.25) is 0 Å². The monoisotopic (exact) mass is 314 g/mol. The summed E-state index contributed by atoms with van der Waals surface area (Å²) < 4.78 is 5.03. The van der Waals surface area contributed by atoms with Crippen LogP contribution in [-0.4, -0.2) is 33.3 Å². The van der Waals surface area contributed by atoms with Crippen molar-refractivity contribution in [1.82, 2.24) is 19.9 Å². The molecule has 7 heteroatoms. The Balaban J connectivity index is 2.20. The van der Waals surface area contributed by atoms with Gasteiger partial charge in [0.15, 0.2) is 5.16 Å². The number of pyridine rings is 2. The van der Waals surface area contributed by atoms with E-state index in [1.54, 1.807) is 31.5 Å². The maximum Gasteiger partial charge on any atom is 0.257 e. The van der Waals surface area contributed by atoms with Crippen LogP contribution in [0.1, 0.15) is 5.69 Å². The van der Waals surface area contributed by atoms with Crippen LogP contribution in [0.15, 0.2) is 34.3 Å². The standard InChI is InChI=1S/C15H14N4O2S/c1-8-10-6-11(9-4-5-12(21-2)16-7-9)14(20)18-13(10)19-15(17-8)22-3/h4-7H,1-3H3,(H,17,18,19,20). The summed E-state index contributed by atoms with van der Waals surface area (Å²) in [6, 6.07) is 5.32. The SMILES string of the molecule is COc1ccc(-c2cc3c(C)nc(SC)nc3[nH]c2=O)cn1. The molecule has 0 amide bonds. The molecule has 0 saturated carbocycles. The van der Waals surface area contributed by atoms with Crippen molar-refractivity contribution in [2.45, 2.75) is 12.1 Å². The van der Waals surface area contributed by atoms with Crippen LogP contribution in [0.4, 0.5) is 0 Å². The second-order valence-electron chi connectivity index (χ2n) is 4.66. The molecule has 0 saturated heterocycles. The molecular formula is C15H14N4O2S. The molecular weight excluding hydrogens is 300 g/mol. The molecule has 1 N–H and O–H groups in total. The molecule has 0 atom stereocenters. The molecule has 22 heavy (non-hydrogen) atoms. The number of rotatable bonds is 3. The van der Waals surface area contributed by atoms with E-state index < -0.39 is 0 Å². The molecule has 0 spiro atoms. The van der Waals surface area contributed by atoms with Gasteiger partial charge < -0.3 is 9.72 Å². The summed E-state index contributed by atoms with van der Waals surface area (Å²) in [4.78, 5) is 28.0. The lowest BCUT2D eigenvalue weighted by molar-refractivity contribution is 0.398. The van der Waals surface area contributed by atoms with Crippen molar-refractivity contribution in [3.8, 4) is 17.0 Å². The van der Waals surface area contributed by atoms with Crippen LogP contribution >= 0.6 is 11.8 Å². The Morgan fingerprint density at radius 2 is 2.09 bits per heavy atom. The van der Waals surface area contributed by atoms with E-state index in [1.165, 1.54) is 11.8 Å². The summed E-state index contributed by atoms with van der Waals surface area (Å²) in [6.07, 6.45) is 3.51. The summed E-state index contributed by atoms with van der Waals surface area (Å²) in [5.41, 5.74) is 2.42. The van der Waals surface area contributed by atoms with Crippen molar-refractivity contribution >= 4 is 22.8 Å². The van der Waals surface area contributed by atoms with Gasteiger partial charge in [0, 0.05) is 28.8 Å². The minimum absolute atomic E-state index is 0.204. The number of hydrogen-bond donors (Lipinski definition) is 1. The Morgan fingerprint density at radius 1 is 1.27 bits per heavy atom. The van der Waals surface area contributed by atoms with Crippen LogP contribution in [-0.2, 0) is 0 Å². The van der Waals surface area contributed by atoms with Gasteiger partial charge in [0.1, 0.15) is 5.65 Å². The number of aromatic amines is 1. The van der Waals surface area contributed by atoms with E-state index in [1.807, 2.05) is 13.2 Å². The number of hydrogen-bond acceptors (Lipinski definition) is 6. The van der Waals surface area contributed by atoms with Gasteiger partial charge in [-0.05, 0) is 25.3 Å². The lowest BCUT2D eigenvalue weighted by Gasteiger charge is -2.07. The lowest BCUT2D eigenvalue weighted by Crippen LogP contribution is -2.11. The van der Waals surface area contributed by atoms with Gasteiger partial charge in [-0.2, -0.15) is 0 Å². The summed E-state index contributed by atoms with van der Waals surface area (Å²) in [6.45, 7) is 1.90. The molecule has 0 aliphatic rings. The van der Waals surface area contributed by atoms with Gasteiger partial charge in [-0.1, -0.05) is 11.8 Å². The van der Waals surface area contributed by atoms with Crippen molar-refractivity contribution < 1.29 is 4.74 Å². The highest BCUT2D eigenvalue weighted by molar-refractivity contribution is 7.98. The second-order valence-corrected chi connectivity index (χ2v) is 5.43. The fourth-order valence-electron chi connectivity index (χ4n) is 2.17. The number of aryl methyl sites for hydroxylation is 1. The number of methoxy groups -OCH3 is 1. The number of aromatic nitrogens is 4. The number of nitrogens with one attached hydrogen (secondary N) is 1. The van der Waals surface area contributed by atoms with Gasteiger partial charge in [0.2, 0.25) is 5.88 Å². The zero-order valence-electron chi connectivity index (χ0n) is 12.4. The summed E-state index contributed by atoms with van der Waals surface area (Å²) in [7, 11) is 1.55. The van der Waals surface area contributed by atoms with Crippen molar-refractivity contribution in [3.05, 3.63) is 40.4 Å². The molecule has 0 aliphatic carbocycles. The Hall–Kier alpha value is -2.41. The van der Waals surface area contributed by atoms with E-state index >= 15 is 0 Å². The van der Waals surface area contributed by atoms with Gasteiger partial charge in [-0.3, -0.25) is 4.79 Å². The Labute approximate surface area is 131 Å². The first-order valence-electron chi connectivity index (χ1n) is 6.58. The Kier molecular flexibility index (Phi) is 3.81. The van der Waals surface area contributed by atoms with Gasteiger partial charge in [-0.15, -0.1) is 0 Å². The zero-order chi connectivity index (χ0) is 15.7. The average molecular weight is 314 g/mol. The molecule has 0 aliphatic heterocycles. The third-order valence-corrected chi connectivity index (χ3v) is 3.87. The number of ether oxygens (including phenoxy) is 1. The van der Waals surface area contributed by atoms with Crippen LogP contribution in [0.3, 0.4) is 0 Å². The van der Waals surface area contributed by atoms with Crippen LogP contribution < -0.4 is 10.3 Å². The molecule has 3 heterocycles. The van der Waals surface area contributed by atoms with E-state index in [4.69, 9.17) is 4.74 Å². The molecule has 0 aromatic carbocycles. The molecule has 3 aromatic heterocycles. The highest BCUT2D eigenvalue weighted by atomic mass is 32.2. The van der Waals surface area contributed by atoms with E-state index in [-0.39, 0.29) is 5.56 Å². The number of nitrogens with zero attached hydrogens (tertiary/aromatic N) is 3. The third-order valence-electron chi connectivity index (χ3n) is 3.32. The maximum atomic E-state index is 12.3. The fraction of sp³-hybridized carbons (Fsp3) is 0.200. The quantitative estimate of drug-likeness (QED) is 0.590. The first-order valence-corrected chi connectivity index (χ1v) is 7.81. The third kappa shape index (κ3) is 2.55. The number of H-pyrrole nitrogens is 1. The molecule has 0 fully saturated rings. The Morgan fingerprint density at radius 3 is 2.73 bits per heavy atom. The van der Waals surface area contributed by atoms with Gasteiger partial charge >= 0.3 is 0 Å². The van der Waals surface area contributed by atoms with Gasteiger partial charge in [-0.25, -0.2) is 15.0 Å². The largest absolute Gasteiger partial charge is 0.481 e. The summed E-state index contributed by atoms with van der Waals surface area (Å²) >= 11 is 1.44. The van der Waals surface area contributed by atoms with Crippen molar-refractivity contribution in [3.63, 3.8) is 0 Å². The lowest BCUT2D eigenvalue weighted by atomic mass is 10.1. The normalized spacial score (nSPS) is 10.9. The van der Waals surface area contributed by atoms with Crippen molar-refractivity contribution in [2.24, 2.45) is 0 Å². The van der Waals surface area contributed by atoms with E-state index in [9.17, 15) is 4.79 Å². The second kappa shape index (κ2) is 5.76. The van der Waals surface area contributed by atoms with Crippen LogP contribution in [0.25, 0.3) is 22.2 Å². The summed E-state index contributed by atoms with van der Waals surface area (Å²) in [5, 5.41) is 1.46. The number of thioether (sulfide) groups is 1. The minimum atomic E-state index is -0.204. The summed E-state index contributed by atoms with van der Waals surface area (Å²) in [5.74, 6) is 0.505. The molecule has 6 nitrogen and oxygen atoms in total. The van der Waals surface area contributed by atoms with Crippen LogP contribution in [0.5, 0.6) is 5.88 Å². The highest BCUT2D eigenvalue weighted by Crippen LogP contribution is 2.22. The first kappa shape index (κ1) is 14.5. The molecule has 0 bridgehead atoms. The average Bonchev–Trinajstić information content (AvgIpc) is 2.54. The predicted octanol–water partition coefficient (Wildman–Crippen LogP) is 2.42. The molecule has 0 radical (unpaired) electrons. The Bertz CT molecular complexity index is 890. The van der Waals surface area contributed by atoms with Gasteiger partial charge in [0.05, 0.1) is 12.8 Å². The zero-order valence-corrected chi connectivity index (χ0v) is 13.2. The van der Waals surface area contributed by atoms with Crippen molar-refractivity contribution in [2.75, 3.05) is 13.4 Å². The topological polar surface area (TPSA) is 80.8 Å². The molecule has 3 aromatic rings. The predicted molar refractivity (Wildman–Crippen MR) is 86.5 cm³/mol. The van der Waals surface area contributed by atoms with E-state index in [0.29, 0.717) is 22.2 Å². The minimum Gasteiger partial charge on any atom is -0.481 e. The molecule has 0 unspecified atom stereocenters. The van der Waals surface area contributed by atoms with Crippen LogP contribution in [0, 0.1) is 6.92 Å².